The van der Waals surface area contributed by atoms with Gasteiger partial charge >= 0.3 is 0 Å². The van der Waals surface area contributed by atoms with Gasteiger partial charge in [0.1, 0.15) is 0 Å². The van der Waals surface area contributed by atoms with Crippen LogP contribution < -0.4 is 10.2 Å². The smallest absolute Gasteiger partial charge is 0.243 e. The molecule has 3 aromatic rings. The standard InChI is InChI=1S/C24H28N4O3S2/c29-23(19-6-5-13-27(17-19)24-26-21-7-1-2-8-22(21)32-24)25-16-18-9-11-20(12-10-18)33(30,31)28-14-3-4-15-28/h1-2,7-12,19H,3-6,13-17H2,(H,25,29). The number of para-hydroxylation sites is 1. The van der Waals surface area contributed by atoms with Gasteiger partial charge in [0.15, 0.2) is 5.13 Å². The summed E-state index contributed by atoms with van der Waals surface area (Å²) >= 11 is 1.67. The Bertz CT molecular complexity index is 1200. The number of piperidine rings is 1. The molecule has 0 radical (unpaired) electrons. The Hall–Kier alpha value is -2.49. The lowest BCUT2D eigenvalue weighted by molar-refractivity contribution is -0.125. The Kier molecular flexibility index (Phi) is 6.36. The molecule has 1 amide bonds. The van der Waals surface area contributed by atoms with E-state index in [4.69, 9.17) is 4.98 Å². The van der Waals surface area contributed by atoms with Gasteiger partial charge in [-0.1, -0.05) is 35.6 Å². The number of sulfonamides is 1. The third-order valence-corrected chi connectivity index (χ3v) is 9.45. The number of nitrogens with one attached hydrogen (secondary N) is 1. The number of benzene rings is 2. The second-order valence-corrected chi connectivity index (χ2v) is 11.7. The first kappa shape index (κ1) is 22.3. The molecule has 1 unspecified atom stereocenters. The molecule has 1 atom stereocenters. The molecule has 2 saturated heterocycles. The maximum absolute atomic E-state index is 12.9. The molecule has 0 aliphatic carbocycles. The zero-order valence-electron chi connectivity index (χ0n) is 18.4. The maximum Gasteiger partial charge on any atom is 0.243 e. The topological polar surface area (TPSA) is 82.6 Å². The molecule has 7 nitrogen and oxygen atoms in total. The van der Waals surface area contributed by atoms with Gasteiger partial charge in [0.05, 0.1) is 21.0 Å². The van der Waals surface area contributed by atoms with Crippen LogP contribution in [-0.4, -0.2) is 49.8 Å². The minimum atomic E-state index is -3.41. The lowest BCUT2D eigenvalue weighted by Crippen LogP contribution is -2.42. The first-order valence-electron chi connectivity index (χ1n) is 11.5. The van der Waals surface area contributed by atoms with Gasteiger partial charge in [-0.15, -0.1) is 0 Å². The summed E-state index contributed by atoms with van der Waals surface area (Å²) in [7, 11) is -3.41. The average Bonchev–Trinajstić information content (AvgIpc) is 3.53. The molecule has 33 heavy (non-hydrogen) atoms. The number of aromatic nitrogens is 1. The minimum absolute atomic E-state index is 0.0366. The van der Waals surface area contributed by atoms with E-state index < -0.39 is 10.0 Å². The van der Waals surface area contributed by atoms with Crippen molar-refractivity contribution in [3.63, 3.8) is 0 Å². The minimum Gasteiger partial charge on any atom is -0.352 e. The largest absolute Gasteiger partial charge is 0.352 e. The number of thiazole rings is 1. The van der Waals surface area contributed by atoms with Crippen LogP contribution in [0.4, 0.5) is 5.13 Å². The van der Waals surface area contributed by atoms with Crippen molar-refractivity contribution in [2.75, 3.05) is 31.1 Å². The van der Waals surface area contributed by atoms with Crippen LogP contribution in [0.2, 0.25) is 0 Å². The van der Waals surface area contributed by atoms with Gasteiger partial charge in [-0.2, -0.15) is 4.31 Å². The number of carbonyl (C=O) groups is 1. The number of hydrogen-bond donors (Lipinski definition) is 1. The van der Waals surface area contributed by atoms with Crippen molar-refractivity contribution in [2.45, 2.75) is 37.1 Å². The zero-order chi connectivity index (χ0) is 22.8. The van der Waals surface area contributed by atoms with E-state index in [9.17, 15) is 13.2 Å². The lowest BCUT2D eigenvalue weighted by atomic mass is 9.97. The van der Waals surface area contributed by atoms with Crippen LogP contribution in [0.5, 0.6) is 0 Å². The highest BCUT2D eigenvalue weighted by atomic mass is 32.2. The molecular weight excluding hydrogens is 456 g/mol. The highest BCUT2D eigenvalue weighted by Crippen LogP contribution is 2.31. The Morgan fingerprint density at radius 3 is 2.55 bits per heavy atom. The summed E-state index contributed by atoms with van der Waals surface area (Å²) in [5.74, 6) is -0.0462. The SMILES string of the molecule is O=C(NCc1ccc(S(=O)(=O)N2CCCC2)cc1)C1CCCN(c2nc3ccccc3s2)C1. The van der Waals surface area contributed by atoms with E-state index in [1.807, 2.05) is 18.2 Å². The number of rotatable bonds is 6. The van der Waals surface area contributed by atoms with Gasteiger partial charge in [-0.3, -0.25) is 4.79 Å². The Morgan fingerprint density at radius 1 is 1.03 bits per heavy atom. The Morgan fingerprint density at radius 2 is 1.79 bits per heavy atom. The van der Waals surface area contributed by atoms with Crippen molar-refractivity contribution in [3.05, 3.63) is 54.1 Å². The quantitative estimate of drug-likeness (QED) is 0.578. The molecule has 1 N–H and O–H groups in total. The first-order valence-corrected chi connectivity index (χ1v) is 13.7. The van der Waals surface area contributed by atoms with Crippen molar-refractivity contribution >= 4 is 42.6 Å². The van der Waals surface area contributed by atoms with Crippen LogP contribution in [0.3, 0.4) is 0 Å². The summed E-state index contributed by atoms with van der Waals surface area (Å²) < 4.78 is 28.0. The van der Waals surface area contributed by atoms with Gasteiger partial charge in [-0.05, 0) is 55.5 Å². The van der Waals surface area contributed by atoms with Crippen LogP contribution in [0.1, 0.15) is 31.2 Å². The second kappa shape index (κ2) is 9.40. The van der Waals surface area contributed by atoms with Crippen LogP contribution in [-0.2, 0) is 21.4 Å². The molecule has 9 heteroatoms. The van der Waals surface area contributed by atoms with E-state index in [2.05, 4.69) is 16.3 Å². The monoisotopic (exact) mass is 484 g/mol. The van der Waals surface area contributed by atoms with Crippen LogP contribution in [0, 0.1) is 5.92 Å². The van der Waals surface area contributed by atoms with E-state index in [1.165, 1.54) is 0 Å². The van der Waals surface area contributed by atoms with Gasteiger partial charge in [-0.25, -0.2) is 13.4 Å². The van der Waals surface area contributed by atoms with Crippen molar-refractivity contribution in [2.24, 2.45) is 5.92 Å². The predicted octanol–water partition coefficient (Wildman–Crippen LogP) is 3.61. The van der Waals surface area contributed by atoms with Crippen molar-refractivity contribution in [1.29, 1.82) is 0 Å². The lowest BCUT2D eigenvalue weighted by Gasteiger charge is -2.31. The van der Waals surface area contributed by atoms with Crippen LogP contribution >= 0.6 is 11.3 Å². The van der Waals surface area contributed by atoms with Crippen molar-refractivity contribution in [1.82, 2.24) is 14.6 Å². The second-order valence-electron chi connectivity index (χ2n) is 8.72. The third-order valence-electron chi connectivity index (χ3n) is 6.44. The predicted molar refractivity (Wildman–Crippen MR) is 131 cm³/mol. The fraction of sp³-hybridized carbons (Fsp3) is 0.417. The zero-order valence-corrected chi connectivity index (χ0v) is 20.1. The normalized spacial score (nSPS) is 19.8. The van der Waals surface area contributed by atoms with Gasteiger partial charge in [0.2, 0.25) is 15.9 Å². The van der Waals surface area contributed by atoms with Gasteiger partial charge in [0.25, 0.3) is 0 Å². The molecule has 0 spiro atoms. The summed E-state index contributed by atoms with van der Waals surface area (Å²) in [4.78, 5) is 20.1. The summed E-state index contributed by atoms with van der Waals surface area (Å²) in [5, 5.41) is 4.01. The molecule has 2 fully saturated rings. The number of amides is 1. The first-order chi connectivity index (χ1) is 16.0. The fourth-order valence-electron chi connectivity index (χ4n) is 4.55. The number of fused-ring (bicyclic) bond motifs is 1. The molecule has 174 valence electrons. The summed E-state index contributed by atoms with van der Waals surface area (Å²) in [5.41, 5.74) is 1.89. The van der Waals surface area contributed by atoms with E-state index >= 15 is 0 Å². The molecule has 0 bridgehead atoms. The molecule has 5 rings (SSSR count). The molecule has 2 aromatic carbocycles. The van der Waals surface area contributed by atoms with Crippen molar-refractivity contribution in [3.8, 4) is 0 Å². The fourth-order valence-corrected chi connectivity index (χ4v) is 7.07. The van der Waals surface area contributed by atoms with E-state index in [1.54, 1.807) is 39.9 Å². The summed E-state index contributed by atoms with van der Waals surface area (Å²) in [6.45, 7) is 3.15. The summed E-state index contributed by atoms with van der Waals surface area (Å²) in [6, 6.07) is 15.0. The van der Waals surface area contributed by atoms with Crippen LogP contribution in [0.15, 0.2) is 53.4 Å². The molecule has 0 saturated carbocycles. The van der Waals surface area contributed by atoms with E-state index in [0.717, 1.165) is 53.1 Å². The number of anilines is 1. The number of hydrogen-bond acceptors (Lipinski definition) is 6. The van der Waals surface area contributed by atoms with Crippen molar-refractivity contribution < 1.29 is 13.2 Å². The number of nitrogens with zero attached hydrogens (tertiary/aromatic N) is 3. The number of carbonyl (C=O) groups excluding carboxylic acids is 1. The average molecular weight is 485 g/mol. The Labute approximate surface area is 198 Å². The molecule has 2 aliphatic heterocycles. The summed E-state index contributed by atoms with van der Waals surface area (Å²) in [6.07, 6.45) is 3.65. The van der Waals surface area contributed by atoms with E-state index in [-0.39, 0.29) is 11.8 Å². The molecule has 1 aromatic heterocycles. The van der Waals surface area contributed by atoms with Gasteiger partial charge in [0, 0.05) is 32.7 Å². The van der Waals surface area contributed by atoms with Crippen LogP contribution in [0.25, 0.3) is 10.2 Å². The van der Waals surface area contributed by atoms with Gasteiger partial charge < -0.3 is 10.2 Å². The molecular formula is C24H28N4O3S2. The molecule has 3 heterocycles. The Balaban J connectivity index is 1.18. The highest BCUT2D eigenvalue weighted by molar-refractivity contribution is 7.89. The maximum atomic E-state index is 12.9. The highest BCUT2D eigenvalue weighted by Gasteiger charge is 2.28. The van der Waals surface area contributed by atoms with E-state index in [0.29, 0.717) is 31.1 Å². The molecule has 2 aliphatic rings. The third kappa shape index (κ3) is 4.76.